The molecule has 4 N–H and O–H groups in total. The molecule has 1 aliphatic heterocycles. The third-order valence-electron chi connectivity index (χ3n) is 5.26. The summed E-state index contributed by atoms with van der Waals surface area (Å²) in [5.74, 6) is -1.65. The number of amides is 4. The van der Waals surface area contributed by atoms with Crippen LogP contribution in [-0.2, 0) is 19.1 Å². The molecule has 1 heterocycles. The van der Waals surface area contributed by atoms with Crippen molar-refractivity contribution in [1.82, 2.24) is 15.5 Å². The molecule has 0 aromatic heterocycles. The molecule has 30 heavy (non-hydrogen) atoms. The van der Waals surface area contributed by atoms with Crippen molar-refractivity contribution in [3.63, 3.8) is 0 Å². The van der Waals surface area contributed by atoms with E-state index in [0.717, 1.165) is 0 Å². The van der Waals surface area contributed by atoms with Crippen LogP contribution in [0.4, 0.5) is 4.79 Å². The van der Waals surface area contributed by atoms with Gasteiger partial charge in [-0.2, -0.15) is 0 Å². The maximum absolute atomic E-state index is 13.2. The topological polar surface area (TPSA) is 131 Å². The number of rotatable bonds is 8. The molecular weight excluding hydrogens is 388 g/mol. The van der Waals surface area contributed by atoms with Gasteiger partial charge in [-0.3, -0.25) is 14.4 Å². The summed E-state index contributed by atoms with van der Waals surface area (Å²) in [5.41, 5.74) is 4.76. The highest BCUT2D eigenvalue weighted by molar-refractivity contribution is 5.94. The summed E-state index contributed by atoms with van der Waals surface area (Å²) in [4.78, 5) is 51.5. The Hall–Kier alpha value is -2.32. The number of ether oxygens (including phenoxy) is 1. The summed E-state index contributed by atoms with van der Waals surface area (Å²) in [5, 5.41) is 5.35. The molecule has 1 aliphatic rings. The molecule has 0 aromatic rings. The summed E-state index contributed by atoms with van der Waals surface area (Å²) in [7, 11) is 0. The summed E-state index contributed by atoms with van der Waals surface area (Å²) in [6.45, 7) is 13.0. The number of carbonyl (C=O) groups excluding carboxylic acids is 4. The van der Waals surface area contributed by atoms with Gasteiger partial charge in [0.1, 0.15) is 23.7 Å². The second-order valence-corrected chi connectivity index (χ2v) is 9.33. The first kappa shape index (κ1) is 25.7. The molecule has 9 heteroatoms. The van der Waals surface area contributed by atoms with Crippen molar-refractivity contribution in [1.29, 1.82) is 0 Å². The van der Waals surface area contributed by atoms with E-state index in [1.807, 2.05) is 27.7 Å². The van der Waals surface area contributed by atoms with Gasteiger partial charge in [0, 0.05) is 6.54 Å². The largest absolute Gasteiger partial charge is 0.444 e. The zero-order chi connectivity index (χ0) is 23.2. The highest BCUT2D eigenvalue weighted by Gasteiger charge is 2.40. The fourth-order valence-corrected chi connectivity index (χ4v) is 3.41. The van der Waals surface area contributed by atoms with Gasteiger partial charge >= 0.3 is 6.09 Å². The molecule has 172 valence electrons. The van der Waals surface area contributed by atoms with E-state index in [0.29, 0.717) is 25.8 Å². The van der Waals surface area contributed by atoms with Gasteiger partial charge in [-0.25, -0.2) is 4.79 Å². The number of carbonyl (C=O) groups is 4. The first-order chi connectivity index (χ1) is 13.8. The van der Waals surface area contributed by atoms with Gasteiger partial charge in [0.05, 0.1) is 0 Å². The lowest BCUT2D eigenvalue weighted by atomic mass is 9.98. The van der Waals surface area contributed by atoms with Crippen LogP contribution in [0.1, 0.15) is 67.7 Å². The first-order valence-electron chi connectivity index (χ1n) is 10.7. The normalized spacial score (nSPS) is 19.7. The standard InChI is InChI=1S/C21H38N4O5/c1-8-13(4)16(17(22)26)23-18(27)14-10-9-11-25(14)19(28)15(12(2)3)24-20(29)30-21(5,6)7/h12-16H,8-11H2,1-7H3,(H2,22,26)(H,23,27)(H,24,29)/t13-,14-,15-,16-/m0/s1. The first-order valence-corrected chi connectivity index (χ1v) is 10.7. The van der Waals surface area contributed by atoms with Crippen LogP contribution >= 0.6 is 0 Å². The summed E-state index contributed by atoms with van der Waals surface area (Å²) < 4.78 is 5.27. The Balaban J connectivity index is 2.93. The van der Waals surface area contributed by atoms with Gasteiger partial charge < -0.3 is 26.0 Å². The zero-order valence-corrected chi connectivity index (χ0v) is 19.3. The molecule has 9 nitrogen and oxygen atoms in total. The smallest absolute Gasteiger partial charge is 0.408 e. The van der Waals surface area contributed by atoms with E-state index in [2.05, 4.69) is 10.6 Å². The van der Waals surface area contributed by atoms with Crippen LogP contribution in [0.2, 0.25) is 0 Å². The number of alkyl carbamates (subject to hydrolysis) is 1. The predicted molar refractivity (Wildman–Crippen MR) is 113 cm³/mol. The molecule has 0 spiro atoms. The van der Waals surface area contributed by atoms with Crippen molar-refractivity contribution in [2.75, 3.05) is 6.54 Å². The van der Waals surface area contributed by atoms with Crippen molar-refractivity contribution in [3.05, 3.63) is 0 Å². The molecule has 1 fully saturated rings. The monoisotopic (exact) mass is 426 g/mol. The average molecular weight is 427 g/mol. The molecule has 0 bridgehead atoms. The number of nitrogens with two attached hydrogens (primary N) is 1. The van der Waals surface area contributed by atoms with Gasteiger partial charge in [-0.15, -0.1) is 0 Å². The minimum atomic E-state index is -0.824. The number of primary amides is 1. The number of hydrogen-bond donors (Lipinski definition) is 3. The van der Waals surface area contributed by atoms with Gasteiger partial charge in [-0.05, 0) is 45.4 Å². The van der Waals surface area contributed by atoms with Crippen molar-refractivity contribution < 1.29 is 23.9 Å². The van der Waals surface area contributed by atoms with Crippen molar-refractivity contribution >= 4 is 23.8 Å². The minimum Gasteiger partial charge on any atom is -0.444 e. The lowest BCUT2D eigenvalue weighted by Gasteiger charge is -2.32. The zero-order valence-electron chi connectivity index (χ0n) is 19.3. The number of likely N-dealkylation sites (tertiary alicyclic amines) is 1. The van der Waals surface area contributed by atoms with Crippen LogP contribution in [0, 0.1) is 11.8 Å². The van der Waals surface area contributed by atoms with Crippen LogP contribution < -0.4 is 16.4 Å². The summed E-state index contributed by atoms with van der Waals surface area (Å²) >= 11 is 0. The predicted octanol–water partition coefficient (Wildman–Crippen LogP) is 1.54. The SMILES string of the molecule is CC[C@H](C)[C@H](NC(=O)[C@@H]1CCCN1C(=O)[C@@H](NC(=O)OC(C)(C)C)C(C)C)C(N)=O. The molecule has 4 amide bonds. The Morgan fingerprint density at radius 3 is 2.17 bits per heavy atom. The fraction of sp³-hybridized carbons (Fsp3) is 0.810. The lowest BCUT2D eigenvalue weighted by Crippen LogP contribution is -2.58. The van der Waals surface area contributed by atoms with Crippen LogP contribution in [0.3, 0.4) is 0 Å². The lowest BCUT2D eigenvalue weighted by molar-refractivity contribution is -0.141. The third-order valence-corrected chi connectivity index (χ3v) is 5.26. The molecule has 0 saturated carbocycles. The molecule has 0 aliphatic carbocycles. The van der Waals surface area contributed by atoms with E-state index in [1.54, 1.807) is 20.8 Å². The Morgan fingerprint density at radius 1 is 1.10 bits per heavy atom. The van der Waals surface area contributed by atoms with Crippen molar-refractivity contribution in [3.8, 4) is 0 Å². The third kappa shape index (κ3) is 7.18. The summed E-state index contributed by atoms with van der Waals surface area (Å²) in [6.07, 6.45) is 1.14. The van der Waals surface area contributed by atoms with Crippen LogP contribution in [0.5, 0.6) is 0 Å². The minimum absolute atomic E-state index is 0.116. The number of nitrogens with one attached hydrogen (secondary N) is 2. The Bertz CT molecular complexity index is 644. The van der Waals surface area contributed by atoms with Crippen molar-refractivity contribution in [2.45, 2.75) is 91.5 Å². The molecule has 0 radical (unpaired) electrons. The molecule has 1 saturated heterocycles. The Labute approximate surface area is 179 Å². The molecule has 1 rings (SSSR count). The van der Waals surface area contributed by atoms with Crippen LogP contribution in [-0.4, -0.2) is 59.0 Å². The van der Waals surface area contributed by atoms with Crippen LogP contribution in [0.15, 0.2) is 0 Å². The van der Waals surface area contributed by atoms with E-state index in [1.165, 1.54) is 4.90 Å². The van der Waals surface area contributed by atoms with E-state index < -0.39 is 41.6 Å². The van der Waals surface area contributed by atoms with Gasteiger partial charge in [0.15, 0.2) is 0 Å². The second kappa shape index (κ2) is 10.6. The van der Waals surface area contributed by atoms with E-state index in [4.69, 9.17) is 10.5 Å². The highest BCUT2D eigenvalue weighted by atomic mass is 16.6. The molecule has 4 atom stereocenters. The number of nitrogens with zero attached hydrogens (tertiary/aromatic N) is 1. The molecule has 0 unspecified atom stereocenters. The average Bonchev–Trinajstić information content (AvgIpc) is 3.10. The number of hydrogen-bond acceptors (Lipinski definition) is 5. The highest BCUT2D eigenvalue weighted by Crippen LogP contribution is 2.21. The maximum Gasteiger partial charge on any atom is 0.408 e. The second-order valence-electron chi connectivity index (χ2n) is 9.33. The maximum atomic E-state index is 13.2. The van der Waals surface area contributed by atoms with E-state index in [-0.39, 0.29) is 17.7 Å². The fourth-order valence-electron chi connectivity index (χ4n) is 3.41. The van der Waals surface area contributed by atoms with Gasteiger partial charge in [0.2, 0.25) is 17.7 Å². The van der Waals surface area contributed by atoms with Gasteiger partial charge in [-0.1, -0.05) is 34.1 Å². The van der Waals surface area contributed by atoms with E-state index >= 15 is 0 Å². The molecular formula is C21H38N4O5. The Morgan fingerprint density at radius 2 is 1.70 bits per heavy atom. The Kier molecular flexibility index (Phi) is 9.11. The van der Waals surface area contributed by atoms with Crippen molar-refractivity contribution in [2.24, 2.45) is 17.6 Å². The summed E-state index contributed by atoms with van der Waals surface area (Å²) in [6, 6.07) is -2.32. The quantitative estimate of drug-likeness (QED) is 0.542. The van der Waals surface area contributed by atoms with Gasteiger partial charge in [0.25, 0.3) is 0 Å². The molecule has 0 aromatic carbocycles. The van der Waals surface area contributed by atoms with E-state index in [9.17, 15) is 19.2 Å². The van der Waals surface area contributed by atoms with Crippen LogP contribution in [0.25, 0.3) is 0 Å².